The average molecular weight is 358 g/mol. The van der Waals surface area contributed by atoms with E-state index in [2.05, 4.69) is 20.5 Å². The maximum Gasteiger partial charge on any atom is 0.252 e. The molecule has 3 rings (SSSR count). The first-order valence-corrected chi connectivity index (χ1v) is 8.39. The van der Waals surface area contributed by atoms with Gasteiger partial charge in [0.15, 0.2) is 6.10 Å². The fourth-order valence-electron chi connectivity index (χ4n) is 3.10. The molecule has 0 radical (unpaired) electrons. The maximum atomic E-state index is 12.8. The molecule has 1 fully saturated rings. The second-order valence-electron chi connectivity index (χ2n) is 6.34. The quantitative estimate of drug-likeness (QED) is 0.709. The number of rotatable bonds is 5. The van der Waals surface area contributed by atoms with E-state index in [0.717, 1.165) is 5.56 Å². The Morgan fingerprint density at radius 2 is 2.15 bits per heavy atom. The molecular weight excluding hydrogens is 336 g/mol. The molecule has 0 saturated carbocycles. The first-order valence-electron chi connectivity index (χ1n) is 8.39. The van der Waals surface area contributed by atoms with Gasteiger partial charge in [-0.2, -0.15) is 4.98 Å². The molecule has 1 aliphatic rings. The molecule has 0 spiro atoms. The van der Waals surface area contributed by atoms with Crippen molar-refractivity contribution in [1.82, 2.24) is 25.4 Å². The zero-order valence-corrected chi connectivity index (χ0v) is 14.7. The minimum atomic E-state index is -0.822. The largest absolute Gasteiger partial charge is 0.367 e. The van der Waals surface area contributed by atoms with E-state index in [9.17, 15) is 9.59 Å². The third-order valence-electron chi connectivity index (χ3n) is 4.20. The van der Waals surface area contributed by atoms with E-state index in [-0.39, 0.29) is 37.0 Å². The Bertz CT molecular complexity index is 776. The Morgan fingerprint density at radius 1 is 1.42 bits per heavy atom. The van der Waals surface area contributed by atoms with Crippen molar-refractivity contribution in [2.45, 2.75) is 38.6 Å². The highest BCUT2D eigenvalue weighted by molar-refractivity contribution is 5.86. The minimum Gasteiger partial charge on any atom is -0.367 e. The van der Waals surface area contributed by atoms with E-state index in [0.29, 0.717) is 5.82 Å². The molecular formula is C17H22N6O3. The van der Waals surface area contributed by atoms with E-state index in [4.69, 9.17) is 10.5 Å². The molecule has 2 atom stereocenters. The molecule has 9 nitrogen and oxygen atoms in total. The Balaban J connectivity index is 1.82. The summed E-state index contributed by atoms with van der Waals surface area (Å²) in [5.41, 5.74) is 6.30. The van der Waals surface area contributed by atoms with E-state index in [1.165, 1.54) is 0 Å². The Morgan fingerprint density at radius 3 is 2.77 bits per heavy atom. The second-order valence-corrected chi connectivity index (χ2v) is 6.34. The van der Waals surface area contributed by atoms with Gasteiger partial charge in [0.25, 0.3) is 5.91 Å². The number of H-pyrrole nitrogens is 1. The number of nitrogens with two attached hydrogens (primary N) is 1. The minimum absolute atomic E-state index is 0.0685. The zero-order chi connectivity index (χ0) is 18.7. The van der Waals surface area contributed by atoms with Crippen LogP contribution in [-0.2, 0) is 20.9 Å². The molecule has 2 heterocycles. The van der Waals surface area contributed by atoms with Crippen LogP contribution in [0.15, 0.2) is 30.3 Å². The van der Waals surface area contributed by atoms with Gasteiger partial charge in [-0.15, -0.1) is 5.10 Å². The topological polar surface area (TPSA) is 126 Å². The molecule has 0 aliphatic carbocycles. The Labute approximate surface area is 150 Å². The normalized spacial score (nSPS) is 20.4. The highest BCUT2D eigenvalue weighted by Gasteiger charge is 2.42. The molecule has 0 unspecified atom stereocenters. The summed E-state index contributed by atoms with van der Waals surface area (Å²) in [6.07, 6.45) is -0.822. The van der Waals surface area contributed by atoms with Crippen molar-refractivity contribution in [2.24, 2.45) is 0 Å². The molecule has 4 N–H and O–H groups in total. The van der Waals surface area contributed by atoms with Crippen LogP contribution in [0.3, 0.4) is 0 Å². The van der Waals surface area contributed by atoms with Crippen molar-refractivity contribution in [3.05, 3.63) is 41.7 Å². The molecule has 1 aromatic carbocycles. The number of aromatic nitrogens is 3. The van der Waals surface area contributed by atoms with Gasteiger partial charge in [0.2, 0.25) is 11.9 Å². The number of aromatic amines is 1. The summed E-state index contributed by atoms with van der Waals surface area (Å²) < 4.78 is 5.62. The Kier molecular flexibility index (Phi) is 5.17. The maximum absolute atomic E-state index is 12.8. The number of hydrogen-bond donors (Lipinski definition) is 3. The molecule has 1 aromatic heterocycles. The molecule has 9 heteroatoms. The van der Waals surface area contributed by atoms with Crippen LogP contribution >= 0.6 is 0 Å². The van der Waals surface area contributed by atoms with Crippen LogP contribution in [0.5, 0.6) is 0 Å². The first-order chi connectivity index (χ1) is 12.5. The lowest BCUT2D eigenvalue weighted by molar-refractivity contribution is -0.167. The van der Waals surface area contributed by atoms with Gasteiger partial charge in [-0.25, -0.2) is 0 Å². The number of amides is 2. The third-order valence-corrected chi connectivity index (χ3v) is 4.20. The second kappa shape index (κ2) is 7.52. The zero-order valence-electron chi connectivity index (χ0n) is 14.7. The SMILES string of the molecule is CC(C)N1C(=O)CO[C@H](C(=O)NCc2nc(N)n[nH]2)[C@H]1c1ccccc1. The number of ether oxygens (including phenoxy) is 1. The summed E-state index contributed by atoms with van der Waals surface area (Å²) in [6.45, 7) is 3.85. The standard InChI is InChI=1S/C17H22N6O3/c1-10(2)23-13(24)9-26-15(14(23)11-6-4-3-5-7-11)16(25)19-8-12-20-17(18)22-21-12/h3-7,10,14-15H,8-9H2,1-2H3,(H,19,25)(H3,18,20,21,22)/t14-,15+/m1/s1. The van der Waals surface area contributed by atoms with E-state index in [1.807, 2.05) is 44.2 Å². The summed E-state index contributed by atoms with van der Waals surface area (Å²) in [7, 11) is 0. The molecule has 0 bridgehead atoms. The number of nitrogens with one attached hydrogen (secondary N) is 2. The van der Waals surface area contributed by atoms with Crippen LogP contribution in [-0.4, -0.2) is 50.6 Å². The van der Waals surface area contributed by atoms with Crippen molar-refractivity contribution in [3.63, 3.8) is 0 Å². The highest BCUT2D eigenvalue weighted by Crippen LogP contribution is 2.32. The van der Waals surface area contributed by atoms with Crippen LogP contribution in [0.25, 0.3) is 0 Å². The smallest absolute Gasteiger partial charge is 0.252 e. The highest BCUT2D eigenvalue weighted by atomic mass is 16.5. The van der Waals surface area contributed by atoms with Gasteiger partial charge in [0, 0.05) is 6.04 Å². The summed E-state index contributed by atoms with van der Waals surface area (Å²) >= 11 is 0. The Hall–Kier alpha value is -2.94. The average Bonchev–Trinajstić information content (AvgIpc) is 3.05. The monoisotopic (exact) mass is 358 g/mol. The number of anilines is 1. The lowest BCUT2D eigenvalue weighted by Crippen LogP contribution is -2.56. The molecule has 1 aliphatic heterocycles. The van der Waals surface area contributed by atoms with Crippen LogP contribution in [0.2, 0.25) is 0 Å². The van der Waals surface area contributed by atoms with Gasteiger partial charge >= 0.3 is 0 Å². The molecule has 138 valence electrons. The van der Waals surface area contributed by atoms with Crippen LogP contribution in [0.1, 0.15) is 31.3 Å². The van der Waals surface area contributed by atoms with Crippen molar-refractivity contribution in [1.29, 1.82) is 0 Å². The molecule has 2 aromatic rings. The lowest BCUT2D eigenvalue weighted by atomic mass is 9.96. The van der Waals surface area contributed by atoms with Crippen LogP contribution in [0, 0.1) is 0 Å². The number of nitrogen functional groups attached to an aromatic ring is 1. The first kappa shape index (κ1) is 17.9. The van der Waals surface area contributed by atoms with Gasteiger partial charge in [0.05, 0.1) is 12.6 Å². The van der Waals surface area contributed by atoms with Crippen molar-refractivity contribution < 1.29 is 14.3 Å². The number of carbonyl (C=O) groups excluding carboxylic acids is 2. The third kappa shape index (κ3) is 3.67. The lowest BCUT2D eigenvalue weighted by Gasteiger charge is -2.42. The number of morpholine rings is 1. The van der Waals surface area contributed by atoms with E-state index < -0.39 is 12.1 Å². The van der Waals surface area contributed by atoms with Gasteiger partial charge in [-0.05, 0) is 19.4 Å². The number of nitrogens with zero attached hydrogens (tertiary/aromatic N) is 3. The number of carbonyl (C=O) groups is 2. The summed E-state index contributed by atoms with van der Waals surface area (Å²) in [5.74, 6) is 0.0921. The van der Waals surface area contributed by atoms with E-state index in [1.54, 1.807) is 4.90 Å². The molecule has 2 amide bonds. The van der Waals surface area contributed by atoms with Crippen molar-refractivity contribution in [3.8, 4) is 0 Å². The van der Waals surface area contributed by atoms with Gasteiger partial charge in [-0.3, -0.25) is 14.7 Å². The number of benzene rings is 1. The van der Waals surface area contributed by atoms with Crippen molar-refractivity contribution in [2.75, 3.05) is 12.3 Å². The fourth-order valence-corrected chi connectivity index (χ4v) is 3.10. The van der Waals surface area contributed by atoms with E-state index >= 15 is 0 Å². The summed E-state index contributed by atoms with van der Waals surface area (Å²) in [5, 5.41) is 9.12. The summed E-state index contributed by atoms with van der Waals surface area (Å²) in [4.78, 5) is 30.8. The molecule has 26 heavy (non-hydrogen) atoms. The van der Waals surface area contributed by atoms with Gasteiger partial charge in [-0.1, -0.05) is 30.3 Å². The van der Waals surface area contributed by atoms with Gasteiger partial charge < -0.3 is 20.7 Å². The van der Waals surface area contributed by atoms with Crippen molar-refractivity contribution >= 4 is 17.8 Å². The summed E-state index contributed by atoms with van der Waals surface area (Å²) in [6, 6.07) is 8.84. The van der Waals surface area contributed by atoms with Gasteiger partial charge in [0.1, 0.15) is 12.4 Å². The predicted octanol–water partition coefficient (Wildman–Crippen LogP) is 0.380. The molecule has 1 saturated heterocycles. The van der Waals surface area contributed by atoms with Crippen LogP contribution < -0.4 is 11.1 Å². The predicted molar refractivity (Wildman–Crippen MR) is 93.5 cm³/mol. The fraction of sp³-hybridized carbons (Fsp3) is 0.412. The van der Waals surface area contributed by atoms with Crippen LogP contribution in [0.4, 0.5) is 5.95 Å². The number of hydrogen-bond acceptors (Lipinski definition) is 6.